The number of amides is 1. The van der Waals surface area contributed by atoms with E-state index in [0.717, 1.165) is 44.9 Å². The third-order valence-corrected chi connectivity index (χ3v) is 13.0. The molecule has 0 fully saturated rings. The monoisotopic (exact) mass is 850 g/mol. The molecular formula is C54H107NO5. The van der Waals surface area contributed by atoms with Gasteiger partial charge >= 0.3 is 0 Å². The van der Waals surface area contributed by atoms with Gasteiger partial charge in [0.2, 0.25) is 5.91 Å². The Morgan fingerprint density at radius 3 is 0.967 bits per heavy atom. The van der Waals surface area contributed by atoms with Crippen LogP contribution in [0.5, 0.6) is 0 Å². The summed E-state index contributed by atoms with van der Waals surface area (Å²) < 4.78 is 0. The van der Waals surface area contributed by atoms with Crippen LogP contribution >= 0.6 is 0 Å². The molecule has 60 heavy (non-hydrogen) atoms. The van der Waals surface area contributed by atoms with Crippen molar-refractivity contribution in [1.82, 2.24) is 5.32 Å². The minimum atomic E-state index is -1.26. The molecule has 5 N–H and O–H groups in total. The van der Waals surface area contributed by atoms with Crippen molar-refractivity contribution in [3.8, 4) is 0 Å². The highest BCUT2D eigenvalue weighted by Crippen LogP contribution is 2.18. The van der Waals surface area contributed by atoms with Gasteiger partial charge in [-0.2, -0.15) is 0 Å². The number of aliphatic hydroxyl groups excluding tert-OH is 4. The molecule has 0 bridgehead atoms. The predicted molar refractivity (Wildman–Crippen MR) is 261 cm³/mol. The molecule has 0 saturated carbocycles. The molecule has 0 aromatic heterocycles. The van der Waals surface area contributed by atoms with Gasteiger partial charge in [-0.1, -0.05) is 270 Å². The molecule has 6 nitrogen and oxygen atoms in total. The van der Waals surface area contributed by atoms with Crippen LogP contribution in [0.25, 0.3) is 0 Å². The van der Waals surface area contributed by atoms with E-state index in [2.05, 4.69) is 31.3 Å². The molecule has 0 aromatic rings. The third kappa shape index (κ3) is 42.4. The summed E-state index contributed by atoms with van der Waals surface area (Å²) in [4.78, 5) is 12.6. The Bertz CT molecular complexity index is 867. The van der Waals surface area contributed by atoms with E-state index < -0.39 is 36.9 Å². The Kier molecular flexibility index (Phi) is 48.3. The highest BCUT2D eigenvalue weighted by Gasteiger charge is 2.28. The maximum absolute atomic E-state index is 12.6. The zero-order valence-electron chi connectivity index (χ0n) is 40.5. The standard InChI is InChI=1S/C54H107NO5/c1-3-5-7-9-11-13-15-17-19-21-23-24-25-26-27-28-30-31-33-35-37-39-41-43-45-47-51(57)53(59)50(49-56)55-54(60)52(58)48-46-44-42-40-38-36-34-32-29-22-20-18-16-14-12-10-8-6-4-2/h29,32,50-53,56-59H,3-28,30-31,33-49H2,1-2H3,(H,55,60)/b32-29-. The molecule has 0 saturated heterocycles. The topological polar surface area (TPSA) is 110 Å². The van der Waals surface area contributed by atoms with Gasteiger partial charge in [0, 0.05) is 0 Å². The Morgan fingerprint density at radius 2 is 0.667 bits per heavy atom. The highest BCUT2D eigenvalue weighted by molar-refractivity contribution is 5.80. The second-order valence-electron chi connectivity index (χ2n) is 18.9. The van der Waals surface area contributed by atoms with Crippen molar-refractivity contribution in [1.29, 1.82) is 0 Å². The molecule has 0 heterocycles. The van der Waals surface area contributed by atoms with E-state index in [9.17, 15) is 25.2 Å². The van der Waals surface area contributed by atoms with Crippen molar-refractivity contribution in [2.75, 3.05) is 6.61 Å². The normalized spacial score (nSPS) is 13.9. The van der Waals surface area contributed by atoms with Gasteiger partial charge in [-0.15, -0.1) is 0 Å². The quantitative estimate of drug-likeness (QED) is 0.0309. The van der Waals surface area contributed by atoms with Gasteiger partial charge in [0.25, 0.3) is 0 Å². The van der Waals surface area contributed by atoms with Crippen molar-refractivity contribution >= 4 is 5.91 Å². The Morgan fingerprint density at radius 1 is 0.400 bits per heavy atom. The van der Waals surface area contributed by atoms with Gasteiger partial charge < -0.3 is 25.7 Å². The maximum Gasteiger partial charge on any atom is 0.249 e. The van der Waals surface area contributed by atoms with E-state index in [4.69, 9.17) is 0 Å². The zero-order chi connectivity index (χ0) is 43.8. The van der Waals surface area contributed by atoms with Crippen LogP contribution in [0.2, 0.25) is 0 Å². The molecule has 0 radical (unpaired) electrons. The number of rotatable bonds is 50. The molecule has 0 aliphatic carbocycles. The summed E-state index contributed by atoms with van der Waals surface area (Å²) >= 11 is 0. The van der Waals surface area contributed by atoms with Gasteiger partial charge in [-0.05, 0) is 38.5 Å². The summed E-state index contributed by atoms with van der Waals surface area (Å²) in [7, 11) is 0. The lowest BCUT2D eigenvalue weighted by molar-refractivity contribution is -0.132. The van der Waals surface area contributed by atoms with Crippen molar-refractivity contribution < 1.29 is 25.2 Å². The van der Waals surface area contributed by atoms with E-state index in [1.807, 2.05) is 0 Å². The molecule has 0 spiro atoms. The summed E-state index contributed by atoms with van der Waals surface area (Å²) in [5.74, 6) is -0.584. The van der Waals surface area contributed by atoms with Crippen LogP contribution in [-0.2, 0) is 4.79 Å². The number of aliphatic hydroxyl groups is 4. The SMILES string of the molecule is CCCCCCCCCCC/C=C\CCCCCCCCC(O)C(=O)NC(CO)C(O)C(O)CCCCCCCCCCCCCCCCCCCCCCCCCCC. The fourth-order valence-corrected chi connectivity index (χ4v) is 8.70. The summed E-state index contributed by atoms with van der Waals surface area (Å²) in [5, 5.41) is 44.0. The lowest BCUT2D eigenvalue weighted by Crippen LogP contribution is -2.53. The Balaban J connectivity index is 3.62. The zero-order valence-corrected chi connectivity index (χ0v) is 40.5. The number of unbranched alkanes of at least 4 members (excludes halogenated alkanes) is 39. The minimum Gasteiger partial charge on any atom is -0.394 e. The van der Waals surface area contributed by atoms with Crippen LogP contribution in [0.4, 0.5) is 0 Å². The number of hydrogen-bond acceptors (Lipinski definition) is 5. The van der Waals surface area contributed by atoms with Crippen LogP contribution in [0, 0.1) is 0 Å². The van der Waals surface area contributed by atoms with Crippen LogP contribution < -0.4 is 5.32 Å². The highest BCUT2D eigenvalue weighted by atomic mass is 16.3. The molecule has 358 valence electrons. The summed E-state index contributed by atoms with van der Waals surface area (Å²) in [5.41, 5.74) is 0. The fourth-order valence-electron chi connectivity index (χ4n) is 8.70. The molecule has 0 aliphatic rings. The summed E-state index contributed by atoms with van der Waals surface area (Å²) in [6.07, 6.45) is 57.0. The minimum absolute atomic E-state index is 0.365. The first kappa shape index (κ1) is 59.0. The number of hydrogen-bond donors (Lipinski definition) is 5. The van der Waals surface area contributed by atoms with Crippen LogP contribution in [0.1, 0.15) is 296 Å². The molecule has 1 amide bonds. The molecule has 6 heteroatoms. The number of allylic oxidation sites excluding steroid dienone is 2. The van der Waals surface area contributed by atoms with Crippen LogP contribution in [-0.4, -0.2) is 57.3 Å². The number of nitrogens with one attached hydrogen (secondary N) is 1. The first-order chi connectivity index (χ1) is 29.5. The second-order valence-corrected chi connectivity index (χ2v) is 18.9. The molecule has 4 atom stereocenters. The Hall–Kier alpha value is -0.950. The summed E-state index contributed by atoms with van der Waals surface area (Å²) in [6.45, 7) is 4.08. The van der Waals surface area contributed by atoms with Crippen LogP contribution in [0.15, 0.2) is 12.2 Å². The van der Waals surface area contributed by atoms with Gasteiger partial charge in [-0.25, -0.2) is 0 Å². The van der Waals surface area contributed by atoms with Crippen molar-refractivity contribution in [3.63, 3.8) is 0 Å². The molecule has 4 unspecified atom stereocenters. The fraction of sp³-hybridized carbons (Fsp3) is 0.944. The van der Waals surface area contributed by atoms with Crippen molar-refractivity contribution in [3.05, 3.63) is 12.2 Å². The molecule has 0 rings (SSSR count). The largest absolute Gasteiger partial charge is 0.394 e. The second kappa shape index (κ2) is 49.1. The van der Waals surface area contributed by atoms with Crippen LogP contribution in [0.3, 0.4) is 0 Å². The molecule has 0 aliphatic heterocycles. The predicted octanol–water partition coefficient (Wildman–Crippen LogP) is 15.3. The van der Waals surface area contributed by atoms with Crippen molar-refractivity contribution in [2.24, 2.45) is 0 Å². The van der Waals surface area contributed by atoms with E-state index in [1.165, 1.54) is 225 Å². The average molecular weight is 850 g/mol. The van der Waals surface area contributed by atoms with Gasteiger partial charge in [-0.3, -0.25) is 4.79 Å². The van der Waals surface area contributed by atoms with Gasteiger partial charge in [0.15, 0.2) is 0 Å². The van der Waals surface area contributed by atoms with E-state index >= 15 is 0 Å². The van der Waals surface area contributed by atoms with E-state index in [1.54, 1.807) is 0 Å². The first-order valence-electron chi connectivity index (χ1n) is 27.1. The number of carbonyl (C=O) groups excluding carboxylic acids is 1. The van der Waals surface area contributed by atoms with Gasteiger partial charge in [0.05, 0.1) is 18.8 Å². The summed E-state index contributed by atoms with van der Waals surface area (Å²) in [6, 6.07) is -0.986. The first-order valence-corrected chi connectivity index (χ1v) is 27.1. The van der Waals surface area contributed by atoms with E-state index in [-0.39, 0.29) is 0 Å². The Labute approximate surface area is 374 Å². The smallest absolute Gasteiger partial charge is 0.249 e. The third-order valence-electron chi connectivity index (χ3n) is 13.0. The van der Waals surface area contributed by atoms with E-state index in [0.29, 0.717) is 12.8 Å². The lowest BCUT2D eigenvalue weighted by Gasteiger charge is -2.27. The number of carbonyl (C=O) groups is 1. The maximum atomic E-state index is 12.6. The molecular weight excluding hydrogens is 743 g/mol. The average Bonchev–Trinajstić information content (AvgIpc) is 3.25. The molecule has 0 aromatic carbocycles. The lowest BCUT2D eigenvalue weighted by atomic mass is 9.99. The van der Waals surface area contributed by atoms with Crippen molar-refractivity contribution in [2.45, 2.75) is 321 Å². The van der Waals surface area contributed by atoms with Gasteiger partial charge in [0.1, 0.15) is 12.2 Å².